The maximum Gasteiger partial charge on any atom is 0.290 e. The number of hydrogen-bond donors (Lipinski definition) is 0. The van der Waals surface area contributed by atoms with E-state index in [1.807, 2.05) is 19.0 Å². The Hall–Kier alpha value is -3.59. The van der Waals surface area contributed by atoms with Crippen LogP contribution in [0.25, 0.3) is 11.0 Å². The third kappa shape index (κ3) is 3.22. The van der Waals surface area contributed by atoms with Gasteiger partial charge in [-0.1, -0.05) is 12.1 Å². The van der Waals surface area contributed by atoms with E-state index in [1.165, 1.54) is 29.2 Å². The number of amides is 1. The molecule has 9 heteroatoms. The summed E-state index contributed by atoms with van der Waals surface area (Å²) in [5.74, 6) is -1.20. The van der Waals surface area contributed by atoms with Crippen LogP contribution in [-0.4, -0.2) is 47.8 Å². The lowest BCUT2D eigenvalue weighted by atomic mass is 9.98. The average Bonchev–Trinajstić information content (AvgIpc) is 2.99. The number of non-ortho nitro benzene ring substituents is 1. The van der Waals surface area contributed by atoms with Gasteiger partial charge in [0.15, 0.2) is 5.43 Å². The van der Waals surface area contributed by atoms with Crippen molar-refractivity contribution in [2.45, 2.75) is 6.04 Å². The van der Waals surface area contributed by atoms with E-state index in [0.29, 0.717) is 12.1 Å². The number of benzene rings is 2. The van der Waals surface area contributed by atoms with E-state index in [9.17, 15) is 24.1 Å². The first kappa shape index (κ1) is 19.7. The number of halogens is 1. The molecule has 0 saturated carbocycles. The highest BCUT2D eigenvalue weighted by Crippen LogP contribution is 2.38. The fourth-order valence-corrected chi connectivity index (χ4v) is 3.69. The summed E-state index contributed by atoms with van der Waals surface area (Å²) in [6.45, 7) is 0.779. The van der Waals surface area contributed by atoms with Crippen LogP contribution in [0.15, 0.2) is 51.7 Å². The second kappa shape index (κ2) is 7.34. The van der Waals surface area contributed by atoms with Crippen molar-refractivity contribution in [2.75, 3.05) is 27.2 Å². The van der Waals surface area contributed by atoms with Crippen LogP contribution in [-0.2, 0) is 0 Å². The van der Waals surface area contributed by atoms with Gasteiger partial charge in [-0.25, -0.2) is 4.39 Å². The highest BCUT2D eigenvalue weighted by atomic mass is 19.1. The number of nitro benzene ring substituents is 1. The van der Waals surface area contributed by atoms with Crippen molar-refractivity contribution in [1.29, 1.82) is 0 Å². The molecule has 1 aliphatic heterocycles. The van der Waals surface area contributed by atoms with E-state index in [4.69, 9.17) is 4.42 Å². The third-order valence-electron chi connectivity index (χ3n) is 5.11. The van der Waals surface area contributed by atoms with Crippen LogP contribution in [0, 0.1) is 15.9 Å². The summed E-state index contributed by atoms with van der Waals surface area (Å²) >= 11 is 0. The lowest BCUT2D eigenvalue weighted by Crippen LogP contribution is -2.35. The molecule has 1 atom stereocenters. The Balaban J connectivity index is 1.96. The Morgan fingerprint density at radius 2 is 1.97 bits per heavy atom. The van der Waals surface area contributed by atoms with E-state index >= 15 is 0 Å². The SMILES string of the molecule is CN(C)CCN1C(=O)c2oc3ccc(F)cc3c(=O)c2[C@H]1c1cccc([N+](=O)[O-])c1. The number of likely N-dealkylation sites (N-methyl/N-ethyl adjacent to an activating group) is 1. The molecule has 8 nitrogen and oxygen atoms in total. The molecule has 0 aliphatic carbocycles. The van der Waals surface area contributed by atoms with E-state index in [0.717, 1.165) is 12.1 Å². The molecule has 1 aromatic heterocycles. The molecule has 0 radical (unpaired) electrons. The second-order valence-corrected chi connectivity index (χ2v) is 7.37. The minimum Gasteiger partial charge on any atom is -0.450 e. The van der Waals surface area contributed by atoms with Crippen molar-refractivity contribution in [3.63, 3.8) is 0 Å². The van der Waals surface area contributed by atoms with E-state index < -0.39 is 28.1 Å². The van der Waals surface area contributed by atoms with E-state index in [-0.39, 0.29) is 34.5 Å². The van der Waals surface area contributed by atoms with Crippen molar-refractivity contribution in [3.05, 3.63) is 85.5 Å². The molecule has 0 saturated heterocycles. The molecule has 30 heavy (non-hydrogen) atoms. The zero-order valence-electron chi connectivity index (χ0n) is 16.3. The summed E-state index contributed by atoms with van der Waals surface area (Å²) in [6, 6.07) is 8.47. The topological polar surface area (TPSA) is 96.9 Å². The van der Waals surface area contributed by atoms with Crippen LogP contribution in [0.5, 0.6) is 0 Å². The Morgan fingerprint density at radius 1 is 1.20 bits per heavy atom. The Labute approximate surface area is 170 Å². The number of hydrogen-bond acceptors (Lipinski definition) is 6. The van der Waals surface area contributed by atoms with Gasteiger partial charge < -0.3 is 14.2 Å². The first-order valence-electron chi connectivity index (χ1n) is 9.24. The van der Waals surface area contributed by atoms with Gasteiger partial charge in [-0.15, -0.1) is 0 Å². The number of carbonyl (C=O) groups excluding carboxylic acids is 1. The lowest BCUT2D eigenvalue weighted by molar-refractivity contribution is -0.384. The summed E-state index contributed by atoms with van der Waals surface area (Å²) in [5.41, 5.74) is -0.0867. The van der Waals surface area contributed by atoms with Crippen LogP contribution < -0.4 is 5.43 Å². The van der Waals surface area contributed by atoms with Crippen LogP contribution in [0.4, 0.5) is 10.1 Å². The summed E-state index contributed by atoms with van der Waals surface area (Å²) in [4.78, 5) is 40.4. The minimum atomic E-state index is -0.865. The number of rotatable bonds is 5. The summed E-state index contributed by atoms with van der Waals surface area (Å²) in [5, 5.41) is 11.3. The fourth-order valence-electron chi connectivity index (χ4n) is 3.69. The maximum absolute atomic E-state index is 13.8. The van der Waals surface area contributed by atoms with Crippen molar-refractivity contribution in [1.82, 2.24) is 9.80 Å². The maximum atomic E-state index is 13.8. The fraction of sp³-hybridized carbons (Fsp3) is 0.238. The largest absolute Gasteiger partial charge is 0.450 e. The van der Waals surface area contributed by atoms with E-state index in [1.54, 1.807) is 6.07 Å². The highest BCUT2D eigenvalue weighted by molar-refractivity contribution is 5.99. The highest BCUT2D eigenvalue weighted by Gasteiger charge is 2.42. The molecule has 2 aromatic carbocycles. The van der Waals surface area contributed by atoms with Gasteiger partial charge in [-0.05, 0) is 37.9 Å². The van der Waals surface area contributed by atoms with Gasteiger partial charge in [-0.2, -0.15) is 0 Å². The van der Waals surface area contributed by atoms with Crippen molar-refractivity contribution in [2.24, 2.45) is 0 Å². The van der Waals surface area contributed by atoms with Crippen LogP contribution in [0.1, 0.15) is 27.7 Å². The molecule has 2 heterocycles. The summed E-state index contributed by atoms with van der Waals surface area (Å²) < 4.78 is 19.5. The van der Waals surface area contributed by atoms with Gasteiger partial charge in [0.05, 0.1) is 21.9 Å². The number of fused-ring (bicyclic) bond motifs is 2. The normalized spacial score (nSPS) is 15.8. The standard InChI is InChI=1S/C21H18FN3O5/c1-23(2)8-9-24-18(12-4-3-5-14(10-12)25(28)29)17-19(26)15-11-13(22)6-7-16(15)30-20(17)21(24)27/h3-7,10-11,18H,8-9H2,1-2H3/t18-/m1/s1. The zero-order chi connectivity index (χ0) is 21.6. The summed E-state index contributed by atoms with van der Waals surface area (Å²) in [7, 11) is 3.69. The lowest BCUT2D eigenvalue weighted by Gasteiger charge is -2.26. The van der Waals surface area contributed by atoms with Crippen molar-refractivity contribution >= 4 is 22.6 Å². The number of nitrogens with zero attached hydrogens (tertiary/aromatic N) is 3. The molecule has 1 amide bonds. The third-order valence-corrected chi connectivity index (χ3v) is 5.11. The summed E-state index contributed by atoms with van der Waals surface area (Å²) in [6.07, 6.45) is 0. The molecule has 0 fully saturated rings. The molecule has 154 valence electrons. The van der Waals surface area contributed by atoms with Gasteiger partial charge in [0.2, 0.25) is 5.76 Å². The minimum absolute atomic E-state index is 0.0199. The zero-order valence-corrected chi connectivity index (χ0v) is 16.3. The van der Waals surface area contributed by atoms with Crippen LogP contribution in [0.3, 0.4) is 0 Å². The molecule has 0 bridgehead atoms. The first-order valence-corrected chi connectivity index (χ1v) is 9.24. The van der Waals surface area contributed by atoms with E-state index in [2.05, 4.69) is 0 Å². The molecule has 1 aliphatic rings. The number of carbonyl (C=O) groups is 1. The van der Waals surface area contributed by atoms with Gasteiger partial charge >= 0.3 is 0 Å². The smallest absolute Gasteiger partial charge is 0.290 e. The monoisotopic (exact) mass is 411 g/mol. The molecule has 3 aromatic rings. The molecular weight excluding hydrogens is 393 g/mol. The molecule has 0 N–H and O–H groups in total. The predicted octanol–water partition coefficient (Wildman–Crippen LogP) is 2.95. The average molecular weight is 411 g/mol. The Morgan fingerprint density at radius 3 is 2.67 bits per heavy atom. The van der Waals surface area contributed by atoms with Crippen molar-refractivity contribution in [3.8, 4) is 0 Å². The molecule has 0 unspecified atom stereocenters. The Bertz CT molecular complexity index is 1240. The molecule has 0 spiro atoms. The van der Waals surface area contributed by atoms with Gasteiger partial charge in [-0.3, -0.25) is 19.7 Å². The quantitative estimate of drug-likeness (QED) is 0.473. The van der Waals surface area contributed by atoms with Gasteiger partial charge in [0, 0.05) is 25.2 Å². The second-order valence-electron chi connectivity index (χ2n) is 7.37. The van der Waals surface area contributed by atoms with Crippen LogP contribution in [0.2, 0.25) is 0 Å². The van der Waals surface area contributed by atoms with Gasteiger partial charge in [0.25, 0.3) is 11.6 Å². The Kier molecular flexibility index (Phi) is 4.83. The predicted molar refractivity (Wildman–Crippen MR) is 107 cm³/mol. The first-order chi connectivity index (χ1) is 14.3. The molecular formula is C21H18FN3O5. The number of nitro groups is 1. The molecule has 4 rings (SSSR count). The van der Waals surface area contributed by atoms with Gasteiger partial charge in [0.1, 0.15) is 11.4 Å². The van der Waals surface area contributed by atoms with Crippen molar-refractivity contribution < 1.29 is 18.5 Å². The van der Waals surface area contributed by atoms with Crippen LogP contribution >= 0.6 is 0 Å².